The highest BCUT2D eigenvalue weighted by Gasteiger charge is 2.17. The Morgan fingerprint density at radius 1 is 1.30 bits per heavy atom. The molecule has 0 spiro atoms. The molecule has 4 aromatic rings. The van der Waals surface area contributed by atoms with Crippen LogP contribution in [0.5, 0.6) is 0 Å². The Kier molecular flexibility index (Phi) is 3.30. The molecule has 4 rings (SSSR count). The zero-order chi connectivity index (χ0) is 16.0. The Morgan fingerprint density at radius 3 is 2.91 bits per heavy atom. The zero-order valence-electron chi connectivity index (χ0n) is 13.3. The van der Waals surface area contributed by atoms with Gasteiger partial charge in [0.1, 0.15) is 16.4 Å². The van der Waals surface area contributed by atoms with Crippen molar-refractivity contribution in [1.29, 1.82) is 0 Å². The molecule has 0 amide bonds. The summed E-state index contributed by atoms with van der Waals surface area (Å²) < 4.78 is 7.16. The van der Waals surface area contributed by atoms with Gasteiger partial charge in [0.2, 0.25) is 5.95 Å². The molecular weight excluding hydrogens is 310 g/mol. The molecule has 0 aliphatic rings. The summed E-state index contributed by atoms with van der Waals surface area (Å²) in [4.78, 5) is 11.7. The number of hydrogen-bond acceptors (Lipinski definition) is 6. The maximum absolute atomic E-state index is 5.37. The molecule has 1 N–H and O–H groups in total. The first-order chi connectivity index (χ1) is 11.2. The summed E-state index contributed by atoms with van der Waals surface area (Å²) >= 11 is 1.73. The van der Waals surface area contributed by atoms with Gasteiger partial charge in [0.05, 0.1) is 18.2 Å². The van der Waals surface area contributed by atoms with Crippen LogP contribution in [-0.2, 0) is 13.0 Å². The monoisotopic (exact) mass is 327 g/mol. The molecule has 0 saturated heterocycles. The van der Waals surface area contributed by atoms with Crippen LogP contribution < -0.4 is 5.32 Å². The van der Waals surface area contributed by atoms with E-state index < -0.39 is 0 Å². The number of nitrogens with zero attached hydrogens (tertiary/aromatic N) is 4. The van der Waals surface area contributed by atoms with Crippen LogP contribution >= 0.6 is 11.3 Å². The maximum atomic E-state index is 5.37. The summed E-state index contributed by atoms with van der Waals surface area (Å²) in [6.45, 7) is 6.77. The summed E-state index contributed by atoms with van der Waals surface area (Å²) in [5, 5.41) is 8.91. The third kappa shape index (κ3) is 2.28. The third-order valence-corrected chi connectivity index (χ3v) is 5.22. The molecule has 118 valence electrons. The van der Waals surface area contributed by atoms with Crippen LogP contribution in [0, 0.1) is 13.8 Å². The summed E-state index contributed by atoms with van der Waals surface area (Å²) in [6.07, 6.45) is 2.67. The number of aryl methyl sites for hydroxylation is 3. The van der Waals surface area contributed by atoms with Crippen LogP contribution in [0.3, 0.4) is 0 Å². The fourth-order valence-electron chi connectivity index (χ4n) is 2.79. The van der Waals surface area contributed by atoms with Crippen LogP contribution in [0.15, 0.2) is 22.8 Å². The lowest BCUT2D eigenvalue weighted by atomic mass is 10.2. The van der Waals surface area contributed by atoms with Crippen molar-refractivity contribution < 1.29 is 4.42 Å². The molecule has 0 fully saturated rings. The quantitative estimate of drug-likeness (QED) is 0.618. The topological polar surface area (TPSA) is 68.2 Å². The van der Waals surface area contributed by atoms with E-state index >= 15 is 0 Å². The number of nitrogens with one attached hydrogen (secondary N) is 1. The van der Waals surface area contributed by atoms with Crippen molar-refractivity contribution in [3.05, 3.63) is 40.4 Å². The lowest BCUT2D eigenvalue weighted by Crippen LogP contribution is -2.07. The molecule has 4 heterocycles. The van der Waals surface area contributed by atoms with Crippen LogP contribution in [0.2, 0.25) is 0 Å². The molecule has 4 aromatic heterocycles. The Hall–Kier alpha value is -2.41. The molecule has 0 aliphatic heterocycles. The van der Waals surface area contributed by atoms with E-state index in [0.29, 0.717) is 12.5 Å². The van der Waals surface area contributed by atoms with Gasteiger partial charge < -0.3 is 9.73 Å². The minimum absolute atomic E-state index is 0.560. The predicted molar refractivity (Wildman–Crippen MR) is 91.1 cm³/mol. The first-order valence-corrected chi connectivity index (χ1v) is 8.40. The van der Waals surface area contributed by atoms with Gasteiger partial charge >= 0.3 is 0 Å². The standard InChI is InChI=1S/C16H17N5OS/c1-4-12-9(2)13-14-18-10(3)20-21(14)16(19-15(13)23-12)17-8-11-6-5-7-22-11/h5-7H,4,8H2,1-3H3,(H,17,19). The average Bonchev–Trinajstić information content (AvgIpc) is 3.23. The van der Waals surface area contributed by atoms with E-state index in [1.807, 2.05) is 19.1 Å². The van der Waals surface area contributed by atoms with Crippen LogP contribution in [0.25, 0.3) is 15.9 Å². The van der Waals surface area contributed by atoms with Gasteiger partial charge in [0.15, 0.2) is 5.65 Å². The van der Waals surface area contributed by atoms with Gasteiger partial charge in [-0.15, -0.1) is 16.4 Å². The van der Waals surface area contributed by atoms with Crippen molar-refractivity contribution in [3.8, 4) is 0 Å². The van der Waals surface area contributed by atoms with Crippen molar-refractivity contribution in [1.82, 2.24) is 19.6 Å². The number of hydrogen-bond donors (Lipinski definition) is 1. The molecular formula is C16H17N5OS. The fourth-order valence-corrected chi connectivity index (χ4v) is 3.90. The van der Waals surface area contributed by atoms with E-state index in [9.17, 15) is 0 Å². The van der Waals surface area contributed by atoms with Gasteiger partial charge in [-0.25, -0.2) is 9.97 Å². The van der Waals surface area contributed by atoms with Crippen molar-refractivity contribution in [3.63, 3.8) is 0 Å². The van der Waals surface area contributed by atoms with E-state index in [4.69, 9.17) is 9.40 Å². The number of thiophene rings is 1. The number of rotatable bonds is 4. The normalized spacial score (nSPS) is 11.6. The molecule has 6 nitrogen and oxygen atoms in total. The van der Waals surface area contributed by atoms with E-state index in [1.54, 1.807) is 22.1 Å². The molecule has 0 aromatic carbocycles. The minimum Gasteiger partial charge on any atom is -0.467 e. The van der Waals surface area contributed by atoms with E-state index in [-0.39, 0.29) is 0 Å². The van der Waals surface area contributed by atoms with Gasteiger partial charge in [-0.3, -0.25) is 0 Å². The summed E-state index contributed by atoms with van der Waals surface area (Å²) in [6, 6.07) is 3.80. The fraction of sp³-hybridized carbons (Fsp3) is 0.312. The maximum Gasteiger partial charge on any atom is 0.227 e. The van der Waals surface area contributed by atoms with Gasteiger partial charge in [-0.05, 0) is 38.0 Å². The first-order valence-electron chi connectivity index (χ1n) is 7.59. The van der Waals surface area contributed by atoms with Crippen LogP contribution in [0.4, 0.5) is 5.95 Å². The smallest absolute Gasteiger partial charge is 0.227 e. The summed E-state index contributed by atoms with van der Waals surface area (Å²) in [5.41, 5.74) is 2.12. The van der Waals surface area contributed by atoms with Crippen molar-refractivity contribution in [2.24, 2.45) is 0 Å². The van der Waals surface area contributed by atoms with Crippen molar-refractivity contribution in [2.75, 3.05) is 5.32 Å². The Bertz CT molecular complexity index is 983. The highest BCUT2D eigenvalue weighted by Crippen LogP contribution is 2.33. The van der Waals surface area contributed by atoms with Gasteiger partial charge in [-0.2, -0.15) is 4.52 Å². The highest BCUT2D eigenvalue weighted by molar-refractivity contribution is 7.19. The number of anilines is 1. The predicted octanol–water partition coefficient (Wildman–Crippen LogP) is 3.72. The summed E-state index contributed by atoms with van der Waals surface area (Å²) in [7, 11) is 0. The second-order valence-corrected chi connectivity index (χ2v) is 6.53. The minimum atomic E-state index is 0.560. The van der Waals surface area contributed by atoms with Crippen molar-refractivity contribution >= 4 is 33.1 Å². The molecule has 0 aliphatic carbocycles. The zero-order valence-corrected chi connectivity index (χ0v) is 14.1. The van der Waals surface area contributed by atoms with E-state index in [0.717, 1.165) is 33.9 Å². The Morgan fingerprint density at radius 2 is 2.17 bits per heavy atom. The first kappa shape index (κ1) is 14.2. The number of fused-ring (bicyclic) bond motifs is 3. The molecule has 0 saturated carbocycles. The Balaban J connectivity index is 1.88. The lowest BCUT2D eigenvalue weighted by Gasteiger charge is -2.06. The molecule has 0 unspecified atom stereocenters. The van der Waals surface area contributed by atoms with Gasteiger partial charge in [0.25, 0.3) is 0 Å². The van der Waals surface area contributed by atoms with E-state index in [1.165, 1.54) is 10.4 Å². The molecule has 7 heteroatoms. The summed E-state index contributed by atoms with van der Waals surface area (Å²) in [5.74, 6) is 2.28. The SMILES string of the molecule is CCc1sc2nc(NCc3ccco3)n3nc(C)nc3c2c1C. The van der Waals surface area contributed by atoms with Gasteiger partial charge in [-0.1, -0.05) is 6.92 Å². The van der Waals surface area contributed by atoms with Gasteiger partial charge in [0, 0.05) is 4.88 Å². The average molecular weight is 327 g/mol. The number of aromatic nitrogens is 4. The molecule has 23 heavy (non-hydrogen) atoms. The van der Waals surface area contributed by atoms with Crippen LogP contribution in [-0.4, -0.2) is 19.6 Å². The second-order valence-electron chi connectivity index (χ2n) is 5.45. The lowest BCUT2D eigenvalue weighted by molar-refractivity contribution is 0.517. The Labute approximate surface area is 137 Å². The second kappa shape index (κ2) is 5.34. The molecule has 0 atom stereocenters. The molecule has 0 bridgehead atoms. The van der Waals surface area contributed by atoms with Crippen molar-refractivity contribution in [2.45, 2.75) is 33.7 Å². The molecule has 0 radical (unpaired) electrons. The highest BCUT2D eigenvalue weighted by atomic mass is 32.1. The van der Waals surface area contributed by atoms with Crippen LogP contribution in [0.1, 0.15) is 28.9 Å². The van der Waals surface area contributed by atoms with E-state index in [2.05, 4.69) is 29.2 Å². The number of furan rings is 1. The third-order valence-electron chi connectivity index (χ3n) is 3.89. The largest absolute Gasteiger partial charge is 0.467 e.